The lowest BCUT2D eigenvalue weighted by Crippen LogP contribution is -2.40. The number of carbonyl (C=O) groups excluding carboxylic acids is 1. The molecule has 7 nitrogen and oxygen atoms in total. The lowest BCUT2D eigenvalue weighted by atomic mass is 10.1. The van der Waals surface area contributed by atoms with Crippen molar-refractivity contribution in [3.8, 4) is 0 Å². The number of aliphatic carboxylic acids is 1. The van der Waals surface area contributed by atoms with Crippen LogP contribution in [-0.4, -0.2) is 38.0 Å². The summed E-state index contributed by atoms with van der Waals surface area (Å²) >= 11 is 1.58. The third-order valence-electron chi connectivity index (χ3n) is 2.93. The highest BCUT2D eigenvalue weighted by molar-refractivity contribution is 7.09. The zero-order valence-corrected chi connectivity index (χ0v) is 12.6. The average molecular weight is 320 g/mol. The van der Waals surface area contributed by atoms with Crippen molar-refractivity contribution in [2.24, 2.45) is 0 Å². The van der Waals surface area contributed by atoms with Crippen molar-refractivity contribution in [1.82, 2.24) is 20.3 Å². The lowest BCUT2D eigenvalue weighted by molar-refractivity contribution is -0.139. The molecule has 2 heterocycles. The first-order chi connectivity index (χ1) is 10.6. The minimum absolute atomic E-state index is 0.0985. The Labute approximate surface area is 131 Å². The van der Waals surface area contributed by atoms with Gasteiger partial charge in [0.15, 0.2) is 5.69 Å². The Hall–Kier alpha value is -2.48. The molecule has 0 saturated heterocycles. The molecule has 8 heteroatoms. The van der Waals surface area contributed by atoms with E-state index in [2.05, 4.69) is 22.2 Å². The standard InChI is InChI=1S/C14H16N4O3S/c1-2-3-6-11(14(20)21)15-13(19)12-9-18(17-16-12)8-10-5-4-7-22-10/h2,4-5,7,9,11H,1,3,6,8H2,(H,15,19)(H,20,21). The Morgan fingerprint density at radius 3 is 3.00 bits per heavy atom. The summed E-state index contributed by atoms with van der Waals surface area (Å²) in [5.41, 5.74) is 0.0985. The zero-order chi connectivity index (χ0) is 15.9. The number of carbonyl (C=O) groups is 2. The third-order valence-corrected chi connectivity index (χ3v) is 3.79. The maximum absolute atomic E-state index is 12.0. The van der Waals surface area contributed by atoms with Gasteiger partial charge in [0, 0.05) is 4.88 Å². The maximum atomic E-state index is 12.0. The van der Waals surface area contributed by atoms with E-state index in [1.807, 2.05) is 17.5 Å². The van der Waals surface area contributed by atoms with Gasteiger partial charge >= 0.3 is 5.97 Å². The van der Waals surface area contributed by atoms with Gasteiger partial charge in [0.1, 0.15) is 6.04 Å². The molecule has 0 bridgehead atoms. The molecule has 0 radical (unpaired) electrons. The topological polar surface area (TPSA) is 97.1 Å². The number of nitrogens with one attached hydrogen (secondary N) is 1. The van der Waals surface area contributed by atoms with Crippen LogP contribution in [0.3, 0.4) is 0 Å². The monoisotopic (exact) mass is 320 g/mol. The first kappa shape index (κ1) is 15.9. The predicted molar refractivity (Wildman–Crippen MR) is 81.8 cm³/mol. The molecule has 2 N–H and O–H groups in total. The Kier molecular flexibility index (Phi) is 5.42. The van der Waals surface area contributed by atoms with Crippen molar-refractivity contribution in [3.63, 3.8) is 0 Å². The number of allylic oxidation sites excluding steroid dienone is 1. The second-order valence-electron chi connectivity index (χ2n) is 4.61. The fraction of sp³-hybridized carbons (Fsp3) is 0.286. The van der Waals surface area contributed by atoms with Gasteiger partial charge in [-0.2, -0.15) is 0 Å². The molecular weight excluding hydrogens is 304 g/mol. The summed E-state index contributed by atoms with van der Waals surface area (Å²) in [6, 6.07) is 2.93. The van der Waals surface area contributed by atoms with Crippen molar-refractivity contribution in [3.05, 3.63) is 46.9 Å². The highest BCUT2D eigenvalue weighted by Gasteiger charge is 2.21. The molecule has 22 heavy (non-hydrogen) atoms. The Balaban J connectivity index is 1.98. The average Bonchev–Trinajstić information content (AvgIpc) is 3.15. The molecule has 0 aliphatic rings. The number of carboxylic acids is 1. The molecule has 1 amide bonds. The second-order valence-corrected chi connectivity index (χ2v) is 5.64. The van der Waals surface area contributed by atoms with Gasteiger partial charge in [0.2, 0.25) is 0 Å². The van der Waals surface area contributed by atoms with E-state index in [4.69, 9.17) is 5.11 Å². The third kappa shape index (κ3) is 4.26. The van der Waals surface area contributed by atoms with Crippen LogP contribution in [0.25, 0.3) is 0 Å². The summed E-state index contributed by atoms with van der Waals surface area (Å²) in [7, 11) is 0. The first-order valence-corrected chi connectivity index (χ1v) is 7.55. The van der Waals surface area contributed by atoms with E-state index < -0.39 is 17.9 Å². The number of carboxylic acid groups (broad SMARTS) is 1. The molecule has 116 valence electrons. The largest absolute Gasteiger partial charge is 0.480 e. The van der Waals surface area contributed by atoms with E-state index in [1.54, 1.807) is 22.1 Å². The number of hydrogen-bond acceptors (Lipinski definition) is 5. The van der Waals surface area contributed by atoms with Crippen molar-refractivity contribution < 1.29 is 14.7 Å². The van der Waals surface area contributed by atoms with Gasteiger partial charge in [-0.1, -0.05) is 17.4 Å². The minimum atomic E-state index is -1.08. The number of nitrogens with zero attached hydrogens (tertiary/aromatic N) is 3. The quantitative estimate of drug-likeness (QED) is 0.719. The van der Waals surface area contributed by atoms with Crippen LogP contribution in [0.5, 0.6) is 0 Å². The summed E-state index contributed by atoms with van der Waals surface area (Å²) in [5, 5.41) is 21.1. The smallest absolute Gasteiger partial charge is 0.326 e. The van der Waals surface area contributed by atoms with Crippen LogP contribution in [0.15, 0.2) is 36.4 Å². The van der Waals surface area contributed by atoms with Gasteiger partial charge in [-0.05, 0) is 24.3 Å². The highest BCUT2D eigenvalue weighted by atomic mass is 32.1. The van der Waals surface area contributed by atoms with Crippen LogP contribution < -0.4 is 5.32 Å². The normalized spacial score (nSPS) is 11.8. The zero-order valence-electron chi connectivity index (χ0n) is 11.8. The highest BCUT2D eigenvalue weighted by Crippen LogP contribution is 2.10. The van der Waals surface area contributed by atoms with Crippen LogP contribution in [-0.2, 0) is 11.3 Å². The fourth-order valence-corrected chi connectivity index (χ4v) is 2.51. The summed E-state index contributed by atoms with van der Waals surface area (Å²) in [6.07, 6.45) is 3.90. The van der Waals surface area contributed by atoms with Gasteiger partial charge in [0.25, 0.3) is 5.91 Å². The Morgan fingerprint density at radius 2 is 2.36 bits per heavy atom. The summed E-state index contributed by atoms with van der Waals surface area (Å²) in [4.78, 5) is 24.2. The van der Waals surface area contributed by atoms with Crippen molar-refractivity contribution in [2.75, 3.05) is 0 Å². The van der Waals surface area contributed by atoms with E-state index >= 15 is 0 Å². The van der Waals surface area contributed by atoms with E-state index in [9.17, 15) is 9.59 Å². The molecule has 0 spiro atoms. The molecule has 2 aromatic rings. The molecule has 1 unspecified atom stereocenters. The van der Waals surface area contributed by atoms with Gasteiger partial charge < -0.3 is 10.4 Å². The number of hydrogen-bond donors (Lipinski definition) is 2. The van der Waals surface area contributed by atoms with E-state index in [-0.39, 0.29) is 12.1 Å². The number of thiophene rings is 1. The lowest BCUT2D eigenvalue weighted by Gasteiger charge is -2.12. The van der Waals surface area contributed by atoms with Crippen LogP contribution >= 0.6 is 11.3 Å². The molecule has 0 saturated carbocycles. The van der Waals surface area contributed by atoms with Crippen molar-refractivity contribution in [2.45, 2.75) is 25.4 Å². The second kappa shape index (κ2) is 7.51. The van der Waals surface area contributed by atoms with Crippen molar-refractivity contribution >= 4 is 23.2 Å². The molecule has 0 aliphatic heterocycles. The molecule has 2 rings (SSSR count). The van der Waals surface area contributed by atoms with E-state index in [0.717, 1.165) is 4.88 Å². The van der Waals surface area contributed by atoms with Gasteiger partial charge in [0.05, 0.1) is 12.7 Å². The van der Waals surface area contributed by atoms with E-state index in [1.165, 1.54) is 6.20 Å². The van der Waals surface area contributed by atoms with Gasteiger partial charge in [-0.25, -0.2) is 9.48 Å². The first-order valence-electron chi connectivity index (χ1n) is 6.67. The molecule has 0 fully saturated rings. The van der Waals surface area contributed by atoms with Crippen LogP contribution in [0.2, 0.25) is 0 Å². The summed E-state index contributed by atoms with van der Waals surface area (Å²) < 4.78 is 1.54. The summed E-state index contributed by atoms with van der Waals surface area (Å²) in [6.45, 7) is 4.06. The fourth-order valence-electron chi connectivity index (χ4n) is 1.82. The molecule has 0 aliphatic carbocycles. The van der Waals surface area contributed by atoms with Crippen molar-refractivity contribution in [1.29, 1.82) is 0 Å². The van der Waals surface area contributed by atoms with Gasteiger partial charge in [-0.15, -0.1) is 23.0 Å². The molecular formula is C14H16N4O3S. The summed E-state index contributed by atoms with van der Waals surface area (Å²) in [5.74, 6) is -1.63. The SMILES string of the molecule is C=CCCC(NC(=O)c1cn(Cc2cccs2)nn1)C(=O)O. The minimum Gasteiger partial charge on any atom is -0.480 e. The maximum Gasteiger partial charge on any atom is 0.326 e. The molecule has 2 aromatic heterocycles. The van der Waals surface area contributed by atoms with Gasteiger partial charge in [-0.3, -0.25) is 4.79 Å². The van der Waals surface area contributed by atoms with Crippen LogP contribution in [0, 0.1) is 0 Å². The number of aromatic nitrogens is 3. The van der Waals surface area contributed by atoms with Crippen LogP contribution in [0.4, 0.5) is 0 Å². The van der Waals surface area contributed by atoms with Crippen LogP contribution in [0.1, 0.15) is 28.2 Å². The predicted octanol–water partition coefficient (Wildman–Crippen LogP) is 1.54. The molecule has 0 aromatic carbocycles. The number of amides is 1. The molecule has 1 atom stereocenters. The Morgan fingerprint density at radius 1 is 1.55 bits per heavy atom. The van der Waals surface area contributed by atoms with E-state index in [0.29, 0.717) is 13.0 Å². The number of rotatable bonds is 8. The Bertz CT molecular complexity index is 651.